The highest BCUT2D eigenvalue weighted by atomic mass is 35.5. The molecule has 4 rings (SSSR count). The zero-order valence-electron chi connectivity index (χ0n) is 16.5. The first-order valence-electron chi connectivity index (χ1n) is 9.42. The highest BCUT2D eigenvalue weighted by Gasteiger charge is 2.39. The van der Waals surface area contributed by atoms with Gasteiger partial charge in [-0.3, -0.25) is 14.4 Å². The summed E-state index contributed by atoms with van der Waals surface area (Å²) in [5, 5.41) is 5.47. The second-order valence-corrected chi connectivity index (χ2v) is 8.15. The molecule has 0 radical (unpaired) electrons. The summed E-state index contributed by atoms with van der Waals surface area (Å²) in [7, 11) is 0. The lowest BCUT2D eigenvalue weighted by atomic mass is 10.2. The fourth-order valence-corrected chi connectivity index (χ4v) is 3.85. The third-order valence-corrected chi connectivity index (χ3v) is 5.46. The summed E-state index contributed by atoms with van der Waals surface area (Å²) < 4.78 is 13.7. The predicted molar refractivity (Wildman–Crippen MR) is 126 cm³/mol. The summed E-state index contributed by atoms with van der Waals surface area (Å²) in [4.78, 5) is 38.7. The van der Waals surface area contributed by atoms with Crippen molar-refractivity contribution in [2.45, 2.75) is 0 Å². The van der Waals surface area contributed by atoms with E-state index in [0.717, 1.165) is 4.90 Å². The highest BCUT2D eigenvalue weighted by Crippen LogP contribution is 2.33. The van der Waals surface area contributed by atoms with E-state index in [1.807, 2.05) is 0 Å². The molecule has 1 aliphatic heterocycles. The number of halogens is 4. The Morgan fingerprint density at radius 1 is 0.848 bits per heavy atom. The fourth-order valence-electron chi connectivity index (χ4n) is 3.12. The van der Waals surface area contributed by atoms with Crippen LogP contribution in [0.2, 0.25) is 10.0 Å². The Kier molecular flexibility index (Phi) is 6.37. The lowest BCUT2D eigenvalue weighted by molar-refractivity contribution is -0.120. The van der Waals surface area contributed by atoms with E-state index in [1.54, 1.807) is 6.07 Å². The number of para-hydroxylation sites is 1. The minimum Gasteiger partial charge on any atom is -0.350 e. The molecule has 0 atom stereocenters. The highest BCUT2D eigenvalue weighted by molar-refractivity contribution is 6.53. The second-order valence-electron chi connectivity index (χ2n) is 6.90. The molecule has 0 spiro atoms. The van der Waals surface area contributed by atoms with Crippen molar-refractivity contribution >= 4 is 69.6 Å². The van der Waals surface area contributed by atoms with Gasteiger partial charge < -0.3 is 10.6 Å². The maximum Gasteiger partial charge on any atom is 0.283 e. The van der Waals surface area contributed by atoms with Gasteiger partial charge in [0.05, 0.1) is 11.4 Å². The molecule has 1 aliphatic rings. The van der Waals surface area contributed by atoms with Gasteiger partial charge in [0.1, 0.15) is 16.5 Å². The number of rotatable bonds is 5. The van der Waals surface area contributed by atoms with Gasteiger partial charge in [-0.2, -0.15) is 0 Å². The summed E-state index contributed by atoms with van der Waals surface area (Å²) >= 11 is 18.1. The molecule has 0 unspecified atom stereocenters. The van der Waals surface area contributed by atoms with Crippen molar-refractivity contribution in [3.63, 3.8) is 0 Å². The summed E-state index contributed by atoms with van der Waals surface area (Å²) in [6.07, 6.45) is 0. The lowest BCUT2D eigenvalue weighted by Gasteiger charge is -2.16. The summed E-state index contributed by atoms with van der Waals surface area (Å²) in [5.41, 5.74) is 0.752. The first-order chi connectivity index (χ1) is 15.7. The molecule has 6 nitrogen and oxygen atoms in total. The van der Waals surface area contributed by atoms with Crippen LogP contribution in [0.15, 0.2) is 77.5 Å². The van der Waals surface area contributed by atoms with E-state index in [4.69, 9.17) is 34.8 Å². The Labute approximate surface area is 202 Å². The Balaban J connectivity index is 1.50. The van der Waals surface area contributed by atoms with Gasteiger partial charge in [-0.1, -0.05) is 46.9 Å². The molecule has 0 bridgehead atoms. The van der Waals surface area contributed by atoms with Gasteiger partial charge in [-0.15, -0.1) is 0 Å². The average Bonchev–Trinajstić information content (AvgIpc) is 2.98. The molecule has 2 N–H and O–H groups in total. The van der Waals surface area contributed by atoms with E-state index in [-0.39, 0.29) is 37.7 Å². The van der Waals surface area contributed by atoms with Crippen LogP contribution in [0, 0.1) is 5.82 Å². The van der Waals surface area contributed by atoms with Crippen molar-refractivity contribution in [2.24, 2.45) is 0 Å². The number of nitrogens with one attached hydrogen (secondary N) is 2. The SMILES string of the molecule is O=C(Nc1ccccc1F)c1ccc(NC2=C(Cl)C(=O)N(c3cc(Cl)cc(Cl)c3)C2=O)cc1. The minimum absolute atomic E-state index is 0.0536. The Morgan fingerprint density at radius 2 is 1.48 bits per heavy atom. The summed E-state index contributed by atoms with van der Waals surface area (Å²) in [5.74, 6) is -2.49. The van der Waals surface area contributed by atoms with Crippen molar-refractivity contribution in [3.8, 4) is 0 Å². The largest absolute Gasteiger partial charge is 0.350 e. The van der Waals surface area contributed by atoms with E-state index < -0.39 is 23.5 Å². The van der Waals surface area contributed by atoms with Gasteiger partial charge in [-0.25, -0.2) is 9.29 Å². The third-order valence-electron chi connectivity index (χ3n) is 4.67. The molecular formula is C23H13Cl3FN3O3. The number of carbonyl (C=O) groups excluding carboxylic acids is 3. The van der Waals surface area contributed by atoms with Crippen molar-refractivity contribution in [2.75, 3.05) is 15.5 Å². The second kappa shape index (κ2) is 9.23. The van der Waals surface area contributed by atoms with Crippen LogP contribution in [-0.4, -0.2) is 17.7 Å². The molecule has 3 aromatic carbocycles. The predicted octanol–water partition coefficient (Wildman–Crippen LogP) is 5.82. The Hall–Kier alpha value is -3.39. The zero-order chi connectivity index (χ0) is 23.7. The molecule has 0 saturated carbocycles. The third kappa shape index (κ3) is 4.71. The number of nitrogens with zero attached hydrogens (tertiary/aromatic N) is 1. The van der Waals surface area contributed by atoms with Crippen molar-refractivity contribution in [1.29, 1.82) is 0 Å². The van der Waals surface area contributed by atoms with Gasteiger partial charge in [0.2, 0.25) is 0 Å². The topological polar surface area (TPSA) is 78.5 Å². The number of anilines is 3. The van der Waals surface area contributed by atoms with Crippen LogP contribution in [0.4, 0.5) is 21.5 Å². The number of hydrogen-bond donors (Lipinski definition) is 2. The fraction of sp³-hybridized carbons (Fsp3) is 0. The number of amides is 3. The van der Waals surface area contributed by atoms with Crippen LogP contribution < -0.4 is 15.5 Å². The molecule has 0 fully saturated rings. The first kappa shape index (κ1) is 22.8. The number of imide groups is 1. The van der Waals surface area contributed by atoms with Crippen molar-refractivity contribution < 1.29 is 18.8 Å². The molecule has 33 heavy (non-hydrogen) atoms. The van der Waals surface area contributed by atoms with Crippen LogP contribution in [0.5, 0.6) is 0 Å². The lowest BCUT2D eigenvalue weighted by Crippen LogP contribution is -2.32. The van der Waals surface area contributed by atoms with Crippen LogP contribution in [0.3, 0.4) is 0 Å². The van der Waals surface area contributed by atoms with Gasteiger partial charge >= 0.3 is 0 Å². The van der Waals surface area contributed by atoms with Crippen molar-refractivity contribution in [3.05, 3.63) is 98.9 Å². The number of benzene rings is 3. The van der Waals surface area contributed by atoms with E-state index in [2.05, 4.69) is 10.6 Å². The van der Waals surface area contributed by atoms with Crippen LogP contribution in [-0.2, 0) is 9.59 Å². The van der Waals surface area contributed by atoms with E-state index in [1.165, 1.54) is 60.7 Å². The Morgan fingerprint density at radius 3 is 2.12 bits per heavy atom. The molecule has 166 valence electrons. The van der Waals surface area contributed by atoms with Crippen LogP contribution in [0.25, 0.3) is 0 Å². The van der Waals surface area contributed by atoms with Gasteiger partial charge in [-0.05, 0) is 54.6 Å². The molecule has 1 heterocycles. The molecular weight excluding hydrogens is 492 g/mol. The molecule has 10 heteroatoms. The van der Waals surface area contributed by atoms with E-state index in [9.17, 15) is 18.8 Å². The van der Waals surface area contributed by atoms with E-state index in [0.29, 0.717) is 5.69 Å². The standard InChI is InChI=1S/C23H13Cl3FN3O3/c24-13-9-14(25)11-16(10-13)30-22(32)19(26)20(23(30)33)28-15-7-5-12(6-8-15)21(31)29-18-4-2-1-3-17(18)27/h1-11,28H,(H,29,31). The molecule has 3 amide bonds. The monoisotopic (exact) mass is 503 g/mol. The van der Waals surface area contributed by atoms with Gasteiger partial charge in [0.15, 0.2) is 0 Å². The molecule has 0 aliphatic carbocycles. The zero-order valence-corrected chi connectivity index (χ0v) is 18.8. The quantitative estimate of drug-likeness (QED) is 0.429. The first-order valence-corrected chi connectivity index (χ1v) is 10.6. The van der Waals surface area contributed by atoms with Gasteiger partial charge in [0, 0.05) is 21.3 Å². The van der Waals surface area contributed by atoms with E-state index >= 15 is 0 Å². The van der Waals surface area contributed by atoms with Crippen molar-refractivity contribution in [1.82, 2.24) is 0 Å². The van der Waals surface area contributed by atoms with Gasteiger partial charge in [0.25, 0.3) is 17.7 Å². The molecule has 0 saturated heterocycles. The number of carbonyl (C=O) groups is 3. The normalized spacial score (nSPS) is 13.5. The summed E-state index contributed by atoms with van der Waals surface area (Å²) in [6, 6.07) is 16.1. The number of hydrogen-bond acceptors (Lipinski definition) is 4. The maximum absolute atomic E-state index is 13.7. The van der Waals surface area contributed by atoms with Crippen LogP contribution in [0.1, 0.15) is 10.4 Å². The summed E-state index contributed by atoms with van der Waals surface area (Å²) in [6.45, 7) is 0. The minimum atomic E-state index is -0.733. The maximum atomic E-state index is 13.7. The smallest absolute Gasteiger partial charge is 0.283 e. The molecule has 0 aromatic heterocycles. The average molecular weight is 505 g/mol. The van der Waals surface area contributed by atoms with Crippen LogP contribution >= 0.6 is 34.8 Å². The Bertz CT molecular complexity index is 1310. The molecule has 3 aromatic rings.